The van der Waals surface area contributed by atoms with Crippen LogP contribution in [0.4, 0.5) is 4.39 Å². The number of nitrogens with one attached hydrogen (secondary N) is 1. The second-order valence-electron chi connectivity index (χ2n) is 6.45. The zero-order valence-corrected chi connectivity index (χ0v) is 11.8. The summed E-state index contributed by atoms with van der Waals surface area (Å²) in [5.41, 5.74) is 1.78. The lowest BCUT2D eigenvalue weighted by Crippen LogP contribution is -2.54. The van der Waals surface area contributed by atoms with E-state index in [1.807, 2.05) is 12.1 Å². The molecule has 1 nitrogen and oxygen atoms in total. The minimum Gasteiger partial charge on any atom is -0.307 e. The van der Waals surface area contributed by atoms with E-state index in [2.05, 4.69) is 12.2 Å². The van der Waals surface area contributed by atoms with E-state index in [1.165, 1.54) is 50.5 Å². The lowest BCUT2D eigenvalue weighted by atomic mass is 9.57. The van der Waals surface area contributed by atoms with Crippen molar-refractivity contribution in [3.05, 3.63) is 35.6 Å². The molecule has 0 radical (unpaired) electrons. The second kappa shape index (κ2) is 5.24. The molecule has 1 aromatic carbocycles. The van der Waals surface area contributed by atoms with E-state index in [0.717, 1.165) is 0 Å². The van der Waals surface area contributed by atoms with Gasteiger partial charge in [0.1, 0.15) is 5.82 Å². The molecule has 2 atom stereocenters. The fourth-order valence-electron chi connectivity index (χ4n) is 3.96. The average Bonchev–Trinajstić information content (AvgIpc) is 2.45. The molecule has 2 saturated carbocycles. The third kappa shape index (κ3) is 2.55. The first-order chi connectivity index (χ1) is 9.20. The van der Waals surface area contributed by atoms with Gasteiger partial charge in [0, 0.05) is 12.1 Å². The number of hydrogen-bond donors (Lipinski definition) is 1. The Labute approximate surface area is 115 Å². The molecule has 19 heavy (non-hydrogen) atoms. The molecule has 0 bridgehead atoms. The van der Waals surface area contributed by atoms with Crippen molar-refractivity contribution in [3.8, 4) is 0 Å². The maximum Gasteiger partial charge on any atom is 0.123 e. The first-order valence-electron chi connectivity index (χ1n) is 7.71. The van der Waals surface area contributed by atoms with Crippen molar-refractivity contribution in [1.29, 1.82) is 0 Å². The summed E-state index contributed by atoms with van der Waals surface area (Å²) in [4.78, 5) is 0. The fraction of sp³-hybridized carbons (Fsp3) is 0.647. The predicted octanol–water partition coefficient (Wildman–Crippen LogP) is 4.59. The molecule has 0 aliphatic heterocycles. The van der Waals surface area contributed by atoms with Crippen LogP contribution in [0.25, 0.3) is 0 Å². The molecule has 3 rings (SSSR count). The van der Waals surface area contributed by atoms with E-state index in [4.69, 9.17) is 0 Å². The lowest BCUT2D eigenvalue weighted by Gasteiger charge is -2.53. The largest absolute Gasteiger partial charge is 0.307 e. The number of hydrogen-bond acceptors (Lipinski definition) is 1. The van der Waals surface area contributed by atoms with Crippen LogP contribution in [-0.2, 0) is 0 Å². The van der Waals surface area contributed by atoms with Gasteiger partial charge in [0.05, 0.1) is 0 Å². The van der Waals surface area contributed by atoms with Gasteiger partial charge in [-0.1, -0.05) is 31.4 Å². The van der Waals surface area contributed by atoms with Crippen molar-refractivity contribution in [2.45, 2.75) is 64.0 Å². The van der Waals surface area contributed by atoms with Crippen LogP contribution in [0.15, 0.2) is 24.3 Å². The minimum absolute atomic E-state index is 0.150. The summed E-state index contributed by atoms with van der Waals surface area (Å²) in [5, 5.41) is 3.79. The number of halogens is 1. The second-order valence-corrected chi connectivity index (χ2v) is 6.45. The molecule has 2 heteroatoms. The molecule has 1 spiro atoms. The van der Waals surface area contributed by atoms with Crippen LogP contribution in [0.2, 0.25) is 0 Å². The zero-order valence-electron chi connectivity index (χ0n) is 11.8. The Morgan fingerprint density at radius 3 is 2.37 bits per heavy atom. The highest BCUT2D eigenvalue weighted by atomic mass is 19.1. The molecular weight excluding hydrogens is 237 g/mol. The summed E-state index contributed by atoms with van der Waals surface area (Å²) in [5.74, 6) is -0.150. The highest BCUT2D eigenvalue weighted by Crippen LogP contribution is 2.52. The molecule has 1 N–H and O–H groups in total. The van der Waals surface area contributed by atoms with Crippen LogP contribution in [0, 0.1) is 11.2 Å². The van der Waals surface area contributed by atoms with Gasteiger partial charge in [-0.25, -0.2) is 4.39 Å². The van der Waals surface area contributed by atoms with Crippen LogP contribution < -0.4 is 5.32 Å². The Morgan fingerprint density at radius 1 is 1.11 bits per heavy atom. The van der Waals surface area contributed by atoms with Gasteiger partial charge in [-0.2, -0.15) is 0 Å². The highest BCUT2D eigenvalue weighted by Gasteiger charge is 2.46. The fourth-order valence-corrected chi connectivity index (χ4v) is 3.96. The van der Waals surface area contributed by atoms with Crippen LogP contribution in [0.5, 0.6) is 0 Å². The molecule has 2 aliphatic rings. The number of benzene rings is 1. The predicted molar refractivity (Wildman–Crippen MR) is 76.5 cm³/mol. The normalized spacial score (nSPS) is 26.9. The standard InChI is InChI=1S/C17H24FN/c1-13(14-5-7-15(18)8-6-14)19-16-9-12-17(16)10-3-2-4-11-17/h5-8,13,16,19H,2-4,9-12H2,1H3. The SMILES string of the molecule is CC(NC1CCC12CCCCC2)c1ccc(F)cc1. The van der Waals surface area contributed by atoms with Gasteiger partial charge in [0.25, 0.3) is 0 Å². The quantitative estimate of drug-likeness (QED) is 0.839. The van der Waals surface area contributed by atoms with Gasteiger partial charge in [0.2, 0.25) is 0 Å². The average molecular weight is 261 g/mol. The van der Waals surface area contributed by atoms with E-state index in [0.29, 0.717) is 17.5 Å². The molecule has 2 fully saturated rings. The van der Waals surface area contributed by atoms with Crippen LogP contribution >= 0.6 is 0 Å². The Kier molecular flexibility index (Phi) is 3.62. The smallest absolute Gasteiger partial charge is 0.123 e. The molecule has 0 aromatic heterocycles. The van der Waals surface area contributed by atoms with Crippen LogP contribution in [0.1, 0.15) is 63.5 Å². The maximum absolute atomic E-state index is 13.0. The first kappa shape index (κ1) is 13.1. The molecule has 0 heterocycles. The van der Waals surface area contributed by atoms with Crippen molar-refractivity contribution in [2.24, 2.45) is 5.41 Å². The van der Waals surface area contributed by atoms with Crippen LogP contribution in [-0.4, -0.2) is 6.04 Å². The topological polar surface area (TPSA) is 12.0 Å². The van der Waals surface area contributed by atoms with Gasteiger partial charge in [0.15, 0.2) is 0 Å². The van der Waals surface area contributed by atoms with Crippen molar-refractivity contribution in [3.63, 3.8) is 0 Å². The van der Waals surface area contributed by atoms with Gasteiger partial charge in [-0.15, -0.1) is 0 Å². The molecule has 2 aliphatic carbocycles. The lowest BCUT2D eigenvalue weighted by molar-refractivity contribution is 0.0174. The van der Waals surface area contributed by atoms with Crippen molar-refractivity contribution >= 4 is 0 Å². The third-order valence-corrected chi connectivity index (χ3v) is 5.34. The van der Waals surface area contributed by atoms with Crippen LogP contribution in [0.3, 0.4) is 0 Å². The van der Waals surface area contributed by atoms with Gasteiger partial charge < -0.3 is 5.32 Å². The molecule has 0 amide bonds. The number of rotatable bonds is 3. The highest BCUT2D eigenvalue weighted by molar-refractivity contribution is 5.20. The van der Waals surface area contributed by atoms with Gasteiger partial charge >= 0.3 is 0 Å². The summed E-state index contributed by atoms with van der Waals surface area (Å²) in [6.07, 6.45) is 9.75. The van der Waals surface area contributed by atoms with Crippen molar-refractivity contribution in [1.82, 2.24) is 5.32 Å². The Balaban J connectivity index is 1.63. The first-order valence-corrected chi connectivity index (χ1v) is 7.71. The summed E-state index contributed by atoms with van der Waals surface area (Å²) < 4.78 is 13.0. The Hall–Kier alpha value is -0.890. The minimum atomic E-state index is -0.150. The van der Waals surface area contributed by atoms with Gasteiger partial charge in [-0.3, -0.25) is 0 Å². The molecule has 0 saturated heterocycles. The summed E-state index contributed by atoms with van der Waals surface area (Å²) in [7, 11) is 0. The monoisotopic (exact) mass is 261 g/mol. The van der Waals surface area contributed by atoms with E-state index in [-0.39, 0.29) is 5.82 Å². The molecular formula is C17H24FN. The molecule has 104 valence electrons. The molecule has 1 aromatic rings. The van der Waals surface area contributed by atoms with E-state index >= 15 is 0 Å². The Bertz CT molecular complexity index is 419. The van der Waals surface area contributed by atoms with Gasteiger partial charge in [-0.05, 0) is 55.7 Å². The van der Waals surface area contributed by atoms with Crippen molar-refractivity contribution in [2.75, 3.05) is 0 Å². The van der Waals surface area contributed by atoms with Crippen molar-refractivity contribution < 1.29 is 4.39 Å². The third-order valence-electron chi connectivity index (χ3n) is 5.34. The zero-order chi connectivity index (χ0) is 13.3. The summed E-state index contributed by atoms with van der Waals surface area (Å²) >= 11 is 0. The Morgan fingerprint density at radius 2 is 1.79 bits per heavy atom. The maximum atomic E-state index is 13.0. The van der Waals surface area contributed by atoms with E-state index in [1.54, 1.807) is 12.1 Å². The summed E-state index contributed by atoms with van der Waals surface area (Å²) in [6.45, 7) is 2.20. The molecule has 2 unspecified atom stereocenters. The summed E-state index contributed by atoms with van der Waals surface area (Å²) in [6, 6.07) is 7.92. The van der Waals surface area contributed by atoms with E-state index < -0.39 is 0 Å². The van der Waals surface area contributed by atoms with E-state index in [9.17, 15) is 4.39 Å².